The highest BCUT2D eigenvalue weighted by Gasteiger charge is 2.25. The Balaban J connectivity index is 4.47. The zero-order valence-corrected chi connectivity index (χ0v) is 37.7. The zero-order valence-electron chi connectivity index (χ0n) is 37.7. The van der Waals surface area contributed by atoms with E-state index in [1.165, 1.54) is 51.4 Å². The highest BCUT2D eigenvalue weighted by molar-refractivity contribution is 5.71. The van der Waals surface area contributed by atoms with Crippen molar-refractivity contribution in [3.63, 3.8) is 0 Å². The van der Waals surface area contributed by atoms with Gasteiger partial charge in [0.2, 0.25) is 0 Å². The molecule has 0 rings (SSSR count). The molecule has 0 saturated heterocycles. The third kappa shape index (κ3) is 41.2. The lowest BCUT2D eigenvalue weighted by Crippen LogP contribution is -2.40. The first kappa shape index (κ1) is 55.0. The van der Waals surface area contributed by atoms with E-state index in [9.17, 15) is 19.5 Å². The molecule has 0 aliphatic rings. The molecule has 58 heavy (non-hydrogen) atoms. The summed E-state index contributed by atoms with van der Waals surface area (Å²) < 4.78 is 22.7. The molecule has 0 spiro atoms. The minimum absolute atomic E-state index is 0.181. The Morgan fingerprint density at radius 2 is 0.983 bits per heavy atom. The summed E-state index contributed by atoms with van der Waals surface area (Å²) in [5.41, 5.74) is 0. The molecule has 0 aliphatic carbocycles. The fraction of sp³-hybridized carbons (Fsp3) is 0.735. The number of hydrogen-bond donors (Lipinski definition) is 1. The highest BCUT2D eigenvalue weighted by Crippen LogP contribution is 2.13. The second-order valence-electron chi connectivity index (χ2n) is 16.3. The minimum Gasteiger partial charge on any atom is -0.477 e. The van der Waals surface area contributed by atoms with Crippen molar-refractivity contribution in [3.8, 4) is 0 Å². The van der Waals surface area contributed by atoms with Gasteiger partial charge in [-0.25, -0.2) is 4.79 Å². The number of ether oxygens (including phenoxy) is 4. The monoisotopic (exact) mass is 817 g/mol. The van der Waals surface area contributed by atoms with Crippen molar-refractivity contribution < 1.29 is 42.9 Å². The van der Waals surface area contributed by atoms with Crippen LogP contribution in [0.5, 0.6) is 0 Å². The molecule has 334 valence electrons. The van der Waals surface area contributed by atoms with Gasteiger partial charge >= 0.3 is 17.9 Å². The Morgan fingerprint density at radius 1 is 0.534 bits per heavy atom. The number of carboxylic acids is 1. The van der Waals surface area contributed by atoms with E-state index in [0.717, 1.165) is 89.9 Å². The lowest BCUT2D eigenvalue weighted by atomic mass is 10.1. The van der Waals surface area contributed by atoms with E-state index in [4.69, 9.17) is 18.9 Å². The molecular formula is C49H86NO8+. The summed E-state index contributed by atoms with van der Waals surface area (Å²) in [5.74, 6) is -2.04. The summed E-state index contributed by atoms with van der Waals surface area (Å²) in [6.07, 6.45) is 45.6. The van der Waals surface area contributed by atoms with Gasteiger partial charge in [-0.2, -0.15) is 0 Å². The van der Waals surface area contributed by atoms with Crippen LogP contribution in [0.3, 0.4) is 0 Å². The molecule has 0 fully saturated rings. The maximum Gasteiger partial charge on any atom is 0.361 e. The van der Waals surface area contributed by atoms with Gasteiger partial charge in [-0.3, -0.25) is 9.59 Å². The molecule has 0 saturated carbocycles. The molecule has 2 unspecified atom stereocenters. The van der Waals surface area contributed by atoms with Gasteiger partial charge in [-0.1, -0.05) is 145 Å². The Kier molecular flexibility index (Phi) is 38.6. The molecule has 0 aliphatic heterocycles. The Morgan fingerprint density at radius 3 is 1.47 bits per heavy atom. The van der Waals surface area contributed by atoms with E-state index in [1.54, 1.807) is 0 Å². The highest BCUT2D eigenvalue weighted by atomic mass is 16.7. The van der Waals surface area contributed by atoms with Gasteiger partial charge in [0, 0.05) is 12.8 Å². The van der Waals surface area contributed by atoms with Gasteiger partial charge in [-0.15, -0.1) is 0 Å². The van der Waals surface area contributed by atoms with E-state index in [1.807, 2.05) is 21.1 Å². The lowest BCUT2D eigenvalue weighted by Gasteiger charge is -2.25. The third-order valence-electron chi connectivity index (χ3n) is 9.51. The number of carboxylic acid groups (broad SMARTS) is 1. The normalized spacial score (nSPS) is 13.5. The summed E-state index contributed by atoms with van der Waals surface area (Å²) in [5, 5.41) is 9.64. The number of nitrogens with zero attached hydrogens (tertiary/aromatic N) is 1. The number of esters is 2. The molecular weight excluding hydrogens is 731 g/mol. The Hall–Kier alpha value is -3.01. The van der Waals surface area contributed by atoms with E-state index in [2.05, 4.69) is 74.6 Å². The topological polar surface area (TPSA) is 108 Å². The minimum atomic E-state index is -1.52. The predicted octanol–water partition coefficient (Wildman–Crippen LogP) is 12.2. The summed E-state index contributed by atoms with van der Waals surface area (Å²) in [7, 11) is 5.94. The number of hydrogen-bond acceptors (Lipinski definition) is 7. The van der Waals surface area contributed by atoms with Crippen LogP contribution in [0.4, 0.5) is 0 Å². The van der Waals surface area contributed by atoms with E-state index in [-0.39, 0.29) is 38.6 Å². The van der Waals surface area contributed by atoms with Crippen LogP contribution in [-0.2, 0) is 33.3 Å². The quantitative estimate of drug-likeness (QED) is 0.0214. The predicted molar refractivity (Wildman–Crippen MR) is 240 cm³/mol. The smallest absolute Gasteiger partial charge is 0.361 e. The van der Waals surface area contributed by atoms with Crippen molar-refractivity contribution in [3.05, 3.63) is 60.8 Å². The maximum atomic E-state index is 12.8. The van der Waals surface area contributed by atoms with Crippen LogP contribution >= 0.6 is 0 Å². The fourth-order valence-corrected chi connectivity index (χ4v) is 5.94. The number of quaternary nitrogens is 1. The molecule has 0 aromatic heterocycles. The molecule has 0 radical (unpaired) electrons. The number of unbranched alkanes of at least 4 members (excludes halogenated alkanes) is 16. The second-order valence-corrected chi connectivity index (χ2v) is 16.3. The molecule has 0 amide bonds. The summed E-state index contributed by atoms with van der Waals surface area (Å²) in [4.78, 5) is 37.1. The van der Waals surface area contributed by atoms with Crippen molar-refractivity contribution in [1.29, 1.82) is 0 Å². The van der Waals surface area contributed by atoms with Crippen molar-refractivity contribution in [2.24, 2.45) is 0 Å². The molecule has 2 atom stereocenters. The third-order valence-corrected chi connectivity index (χ3v) is 9.51. The van der Waals surface area contributed by atoms with Crippen molar-refractivity contribution >= 4 is 17.9 Å². The van der Waals surface area contributed by atoms with Crippen molar-refractivity contribution in [2.45, 2.75) is 187 Å². The Labute approximate surface area is 355 Å². The first-order valence-electron chi connectivity index (χ1n) is 23.0. The van der Waals surface area contributed by atoms with E-state index in [0.29, 0.717) is 17.4 Å². The van der Waals surface area contributed by atoms with Crippen molar-refractivity contribution in [1.82, 2.24) is 0 Å². The molecule has 9 heteroatoms. The fourth-order valence-electron chi connectivity index (χ4n) is 5.94. The number of aliphatic carboxylic acids is 1. The number of allylic oxidation sites excluding steroid dienone is 10. The summed E-state index contributed by atoms with van der Waals surface area (Å²) in [6.45, 7) is 4.70. The number of carbonyl (C=O) groups is 3. The standard InChI is InChI=1S/C49H85NO8/c1-6-8-10-12-14-16-18-20-22-24-26-28-30-32-34-36-38-40-47(52)58-45(44-57-49(48(53)54)55-42-41-50(3,4)5)43-56-46(51)39-37-35-33-31-29-27-25-23-21-19-17-15-13-11-9-7-2/h8,10,14,16-17,19-20,22-23,25,45,49H,6-7,9,11-13,15,18,21,24,26-44H2,1-5H3/p+1/b10-8-,16-14-,19-17-,22-20-,25-23-. The van der Waals surface area contributed by atoms with Crippen LogP contribution in [-0.4, -0.2) is 87.4 Å². The summed E-state index contributed by atoms with van der Waals surface area (Å²) >= 11 is 0. The van der Waals surface area contributed by atoms with Gasteiger partial charge in [0.1, 0.15) is 13.2 Å². The SMILES string of the molecule is CC/C=C\C/C=C\C/C=C\CCCCCCCCCC(=O)OC(COC(=O)CCCCCCC/C=C\C/C=C\CCCCCC)COC(OCC[N+](C)(C)C)C(=O)O. The first-order chi connectivity index (χ1) is 28.1. The second kappa shape index (κ2) is 40.8. The molecule has 0 aromatic carbocycles. The van der Waals surface area contributed by atoms with Crippen LogP contribution in [0.1, 0.15) is 174 Å². The van der Waals surface area contributed by atoms with Gasteiger partial charge in [0.15, 0.2) is 6.10 Å². The van der Waals surface area contributed by atoms with Crippen LogP contribution in [0, 0.1) is 0 Å². The maximum absolute atomic E-state index is 12.8. The molecule has 9 nitrogen and oxygen atoms in total. The number of likely N-dealkylation sites (N-methyl/N-ethyl adjacent to an activating group) is 1. The molecule has 0 heterocycles. The van der Waals surface area contributed by atoms with Gasteiger partial charge in [-0.05, 0) is 77.0 Å². The van der Waals surface area contributed by atoms with Crippen molar-refractivity contribution in [2.75, 3.05) is 47.5 Å². The molecule has 1 N–H and O–H groups in total. The molecule has 0 bridgehead atoms. The lowest BCUT2D eigenvalue weighted by molar-refractivity contribution is -0.870. The number of carbonyl (C=O) groups excluding carboxylic acids is 2. The van der Waals surface area contributed by atoms with E-state index < -0.39 is 24.3 Å². The summed E-state index contributed by atoms with van der Waals surface area (Å²) in [6, 6.07) is 0. The van der Waals surface area contributed by atoms with Crippen LogP contribution in [0.2, 0.25) is 0 Å². The van der Waals surface area contributed by atoms with Crippen LogP contribution in [0.15, 0.2) is 60.8 Å². The van der Waals surface area contributed by atoms with Gasteiger partial charge < -0.3 is 28.5 Å². The number of rotatable bonds is 41. The average Bonchev–Trinajstić information content (AvgIpc) is 3.18. The van der Waals surface area contributed by atoms with E-state index >= 15 is 0 Å². The first-order valence-corrected chi connectivity index (χ1v) is 23.0. The van der Waals surface area contributed by atoms with Crippen LogP contribution < -0.4 is 0 Å². The largest absolute Gasteiger partial charge is 0.477 e. The van der Waals surface area contributed by atoms with Gasteiger partial charge in [0.25, 0.3) is 6.29 Å². The zero-order chi connectivity index (χ0) is 42.8. The Bertz CT molecular complexity index is 1140. The van der Waals surface area contributed by atoms with Gasteiger partial charge in [0.05, 0.1) is 34.4 Å². The van der Waals surface area contributed by atoms with Crippen LogP contribution in [0.25, 0.3) is 0 Å². The average molecular weight is 817 g/mol. The molecule has 0 aromatic rings.